The molecular formula is C25H42O4Si. The predicted molar refractivity (Wildman–Crippen MR) is 124 cm³/mol. The molecule has 0 bridgehead atoms. The summed E-state index contributed by atoms with van der Waals surface area (Å²) in [6.45, 7) is 15.6. The molecule has 0 amide bonds. The van der Waals surface area contributed by atoms with Crippen molar-refractivity contribution in [2.24, 2.45) is 23.7 Å². The van der Waals surface area contributed by atoms with Crippen molar-refractivity contribution in [3.63, 3.8) is 0 Å². The molecule has 0 saturated carbocycles. The molecule has 30 heavy (non-hydrogen) atoms. The van der Waals surface area contributed by atoms with Gasteiger partial charge in [-0.05, 0) is 60.7 Å². The van der Waals surface area contributed by atoms with E-state index in [1.807, 2.05) is 0 Å². The third-order valence-electron chi connectivity index (χ3n) is 7.93. The van der Waals surface area contributed by atoms with Gasteiger partial charge in [0.25, 0.3) is 0 Å². The van der Waals surface area contributed by atoms with Crippen molar-refractivity contribution in [2.75, 3.05) is 0 Å². The lowest BCUT2D eigenvalue weighted by Gasteiger charge is -2.43. The van der Waals surface area contributed by atoms with Crippen molar-refractivity contribution in [3.8, 4) is 0 Å². The third-order valence-corrected chi connectivity index (χ3v) is 12.5. The molecule has 1 N–H and O–H groups in total. The van der Waals surface area contributed by atoms with Gasteiger partial charge in [0.1, 0.15) is 6.10 Å². The fourth-order valence-electron chi connectivity index (χ4n) is 5.21. The molecular weight excluding hydrogens is 392 g/mol. The number of esters is 1. The molecule has 0 aromatic rings. The lowest BCUT2D eigenvalue weighted by atomic mass is 9.65. The minimum absolute atomic E-state index is 0.0302. The largest absolute Gasteiger partial charge is 0.462 e. The molecule has 3 aliphatic rings. The summed E-state index contributed by atoms with van der Waals surface area (Å²) in [6.07, 6.45) is 10.3. The summed E-state index contributed by atoms with van der Waals surface area (Å²) in [5, 5.41) is 10.9. The smallest absolute Gasteiger partial charge is 0.308 e. The van der Waals surface area contributed by atoms with Gasteiger partial charge in [0.2, 0.25) is 0 Å². The maximum atomic E-state index is 12.3. The van der Waals surface area contributed by atoms with E-state index in [0.29, 0.717) is 24.2 Å². The van der Waals surface area contributed by atoms with Crippen LogP contribution in [0.25, 0.3) is 0 Å². The molecule has 170 valence electrons. The molecule has 0 aromatic carbocycles. The molecule has 0 radical (unpaired) electrons. The molecule has 1 saturated heterocycles. The summed E-state index contributed by atoms with van der Waals surface area (Å²) >= 11 is 0. The number of rotatable bonds is 5. The zero-order chi connectivity index (χ0) is 22.3. The monoisotopic (exact) mass is 434 g/mol. The molecule has 0 aromatic heterocycles. The van der Waals surface area contributed by atoms with E-state index in [0.717, 1.165) is 25.7 Å². The highest BCUT2D eigenvalue weighted by Crippen LogP contribution is 2.44. The quantitative estimate of drug-likeness (QED) is 0.450. The zero-order valence-corrected chi connectivity index (χ0v) is 21.0. The van der Waals surface area contributed by atoms with Gasteiger partial charge in [-0.1, -0.05) is 52.8 Å². The zero-order valence-electron chi connectivity index (χ0n) is 20.0. The number of ether oxygens (including phenoxy) is 1. The second-order valence-electron chi connectivity index (χ2n) is 11.5. The Balaban J connectivity index is 1.64. The predicted octanol–water partition coefficient (Wildman–Crippen LogP) is 5.63. The summed E-state index contributed by atoms with van der Waals surface area (Å²) in [6, 6.07) is 0. The van der Waals surface area contributed by atoms with Gasteiger partial charge in [-0.15, -0.1) is 0 Å². The Hall–Kier alpha value is -0.913. The summed E-state index contributed by atoms with van der Waals surface area (Å²) in [4.78, 5) is 12.3. The van der Waals surface area contributed by atoms with Crippen LogP contribution in [0.1, 0.15) is 66.7 Å². The Morgan fingerprint density at radius 3 is 2.57 bits per heavy atom. The molecule has 1 aliphatic heterocycles. The Morgan fingerprint density at radius 1 is 1.20 bits per heavy atom. The highest BCUT2D eigenvalue weighted by atomic mass is 28.4. The van der Waals surface area contributed by atoms with Crippen LogP contribution in [0.2, 0.25) is 18.1 Å². The number of allylic oxidation sites excluding steroid dienone is 3. The summed E-state index contributed by atoms with van der Waals surface area (Å²) < 4.78 is 12.3. The van der Waals surface area contributed by atoms with Crippen LogP contribution in [0.5, 0.6) is 0 Å². The second-order valence-corrected chi connectivity index (χ2v) is 16.2. The van der Waals surface area contributed by atoms with Crippen LogP contribution in [0, 0.1) is 23.7 Å². The lowest BCUT2D eigenvalue weighted by molar-refractivity contribution is -0.160. The van der Waals surface area contributed by atoms with Gasteiger partial charge < -0.3 is 14.3 Å². The first kappa shape index (κ1) is 23.7. The molecule has 1 fully saturated rings. The van der Waals surface area contributed by atoms with Crippen LogP contribution >= 0.6 is 0 Å². The molecule has 2 aliphatic carbocycles. The minimum atomic E-state index is -1.91. The average molecular weight is 435 g/mol. The summed E-state index contributed by atoms with van der Waals surface area (Å²) in [7, 11) is -1.91. The normalized spacial score (nSPS) is 37.4. The number of aliphatic hydroxyl groups excluding tert-OH is 1. The number of aliphatic hydroxyl groups is 1. The third kappa shape index (κ3) is 5.28. The van der Waals surface area contributed by atoms with Crippen molar-refractivity contribution in [1.29, 1.82) is 0 Å². The van der Waals surface area contributed by atoms with Crippen LogP contribution in [0.15, 0.2) is 23.8 Å². The van der Waals surface area contributed by atoms with Gasteiger partial charge >= 0.3 is 5.97 Å². The summed E-state index contributed by atoms with van der Waals surface area (Å²) in [5.74, 6) is 1.33. The molecule has 4 nitrogen and oxygen atoms in total. The molecule has 1 heterocycles. The van der Waals surface area contributed by atoms with Crippen LogP contribution in [-0.4, -0.2) is 37.7 Å². The first-order valence-corrected chi connectivity index (χ1v) is 14.7. The number of cyclic esters (lactones) is 1. The maximum Gasteiger partial charge on any atom is 0.308 e. The first-order chi connectivity index (χ1) is 13.9. The van der Waals surface area contributed by atoms with Crippen LogP contribution < -0.4 is 0 Å². The van der Waals surface area contributed by atoms with Gasteiger partial charge in [-0.2, -0.15) is 0 Å². The van der Waals surface area contributed by atoms with Crippen molar-refractivity contribution in [3.05, 3.63) is 23.8 Å². The van der Waals surface area contributed by atoms with Crippen molar-refractivity contribution in [1.82, 2.24) is 0 Å². The van der Waals surface area contributed by atoms with E-state index in [4.69, 9.17) is 9.16 Å². The van der Waals surface area contributed by atoms with E-state index >= 15 is 0 Å². The van der Waals surface area contributed by atoms with E-state index < -0.39 is 8.32 Å². The topological polar surface area (TPSA) is 55.8 Å². The number of hydrogen-bond donors (Lipinski definition) is 1. The standard InChI is InChI=1S/C25H42O4Si/c1-16-12-18-9-8-17(2)21(24(18)22(26)13-16)11-10-19-14-20(15-23(27)28-19)29-30(6,7)25(3,4)5/h8-9,12,16-17,19-22,24,26H,10-11,13-15H2,1-7H3/t16-,17-,19?,20-,21-,22-,24-/m0/s1. The van der Waals surface area contributed by atoms with Gasteiger partial charge in [-0.3, -0.25) is 4.79 Å². The van der Waals surface area contributed by atoms with E-state index in [1.54, 1.807) is 0 Å². The molecule has 1 unspecified atom stereocenters. The molecule has 0 spiro atoms. The fourth-order valence-corrected chi connectivity index (χ4v) is 6.58. The number of fused-ring (bicyclic) bond motifs is 1. The number of carbonyl (C=O) groups excluding carboxylic acids is 1. The number of carbonyl (C=O) groups is 1. The van der Waals surface area contributed by atoms with Crippen molar-refractivity contribution >= 4 is 14.3 Å². The Morgan fingerprint density at radius 2 is 1.90 bits per heavy atom. The molecule has 5 heteroatoms. The van der Waals surface area contributed by atoms with Crippen LogP contribution in [0.4, 0.5) is 0 Å². The Labute approximate surface area is 184 Å². The van der Waals surface area contributed by atoms with Crippen molar-refractivity contribution < 1.29 is 19.1 Å². The van der Waals surface area contributed by atoms with Crippen molar-refractivity contribution in [2.45, 2.75) is 103 Å². The minimum Gasteiger partial charge on any atom is -0.462 e. The van der Waals surface area contributed by atoms with E-state index in [-0.39, 0.29) is 35.2 Å². The lowest BCUT2D eigenvalue weighted by Crippen LogP contribution is -2.47. The highest BCUT2D eigenvalue weighted by Gasteiger charge is 2.42. The molecule has 3 rings (SSSR count). The van der Waals surface area contributed by atoms with Gasteiger partial charge in [0.15, 0.2) is 8.32 Å². The van der Waals surface area contributed by atoms with E-state index in [9.17, 15) is 9.90 Å². The maximum absolute atomic E-state index is 12.3. The average Bonchev–Trinajstić information content (AvgIpc) is 2.59. The number of hydrogen-bond acceptors (Lipinski definition) is 4. The SMILES string of the molecule is C[C@H]1C=C2C=C[C@H](C)[C@H](CCC3C[C@H](O[Si](C)(C)C(C)(C)C)CC(=O)O3)[C@H]2[C@@H](O)C1. The van der Waals surface area contributed by atoms with Gasteiger partial charge in [-0.25, -0.2) is 0 Å². The van der Waals surface area contributed by atoms with Crippen LogP contribution in [-0.2, 0) is 14.0 Å². The molecule has 7 atom stereocenters. The highest BCUT2D eigenvalue weighted by molar-refractivity contribution is 6.74. The Bertz CT molecular complexity index is 690. The fraction of sp³-hybridized carbons (Fsp3) is 0.800. The van der Waals surface area contributed by atoms with Crippen LogP contribution in [0.3, 0.4) is 0 Å². The van der Waals surface area contributed by atoms with Gasteiger partial charge in [0, 0.05) is 12.3 Å². The van der Waals surface area contributed by atoms with E-state index in [2.05, 4.69) is 65.9 Å². The Kier molecular flexibility index (Phi) is 7.05. The first-order valence-electron chi connectivity index (χ1n) is 11.8. The van der Waals surface area contributed by atoms with Gasteiger partial charge in [0.05, 0.1) is 18.6 Å². The summed E-state index contributed by atoms with van der Waals surface area (Å²) in [5.41, 5.74) is 1.30. The second kappa shape index (κ2) is 8.91. The van der Waals surface area contributed by atoms with E-state index in [1.165, 1.54) is 5.57 Å².